The molecule has 0 spiro atoms. The number of alkyl carbamates (subject to hydrolysis) is 1. The summed E-state index contributed by atoms with van der Waals surface area (Å²) in [6.45, 7) is 5.44. The molecule has 21 heavy (non-hydrogen) atoms. The second-order valence-corrected chi connectivity index (χ2v) is 5.85. The van der Waals surface area contributed by atoms with Gasteiger partial charge in [-0.15, -0.1) is 0 Å². The first kappa shape index (κ1) is 17.6. The number of ether oxygens (including phenoxy) is 1. The molecule has 118 valence electrons. The van der Waals surface area contributed by atoms with Crippen molar-refractivity contribution < 1.29 is 19.7 Å². The number of nitrogens with one attached hydrogen (secondary N) is 1. The van der Waals surface area contributed by atoms with Crippen molar-refractivity contribution in [1.82, 2.24) is 15.3 Å². The number of aromatic nitrogens is 2. The minimum Gasteiger partial charge on any atom is -0.444 e. The summed E-state index contributed by atoms with van der Waals surface area (Å²) < 4.78 is 5.05. The van der Waals surface area contributed by atoms with E-state index in [0.29, 0.717) is 5.56 Å². The van der Waals surface area contributed by atoms with Gasteiger partial charge in [-0.1, -0.05) is 0 Å². The van der Waals surface area contributed by atoms with Crippen LogP contribution in [0.5, 0.6) is 0 Å². The lowest BCUT2D eigenvalue weighted by Crippen LogP contribution is -2.34. The van der Waals surface area contributed by atoms with E-state index in [9.17, 15) is 15.0 Å². The van der Waals surface area contributed by atoms with Gasteiger partial charge in [0, 0.05) is 24.5 Å². The molecule has 7 nitrogen and oxygen atoms in total. The summed E-state index contributed by atoms with van der Waals surface area (Å²) in [4.78, 5) is 18.9. The minimum atomic E-state index is -1.15. The molecule has 0 aliphatic carbocycles. The molecule has 8 heteroatoms. The maximum atomic E-state index is 11.4. The summed E-state index contributed by atoms with van der Waals surface area (Å²) in [6, 6.07) is 0. The van der Waals surface area contributed by atoms with Gasteiger partial charge in [-0.25, -0.2) is 14.8 Å². The zero-order valence-corrected chi connectivity index (χ0v) is 13.0. The van der Waals surface area contributed by atoms with Gasteiger partial charge in [0.05, 0.1) is 6.10 Å². The fraction of sp³-hybridized carbons (Fsp3) is 0.615. The fourth-order valence-corrected chi connectivity index (χ4v) is 1.59. The van der Waals surface area contributed by atoms with Crippen LogP contribution in [-0.2, 0) is 4.74 Å². The summed E-state index contributed by atoms with van der Waals surface area (Å²) >= 11 is 5.54. The number of hydrogen-bond acceptors (Lipinski definition) is 6. The molecule has 1 heterocycles. The van der Waals surface area contributed by atoms with Gasteiger partial charge in [-0.2, -0.15) is 0 Å². The summed E-state index contributed by atoms with van der Waals surface area (Å²) in [5.74, 6) is 0. The molecule has 1 amide bonds. The first-order valence-corrected chi connectivity index (χ1v) is 6.87. The molecular formula is C13H20ClN3O4. The van der Waals surface area contributed by atoms with Crippen molar-refractivity contribution >= 4 is 17.7 Å². The Kier molecular flexibility index (Phi) is 6.32. The smallest absolute Gasteiger partial charge is 0.407 e. The van der Waals surface area contributed by atoms with Crippen molar-refractivity contribution in [1.29, 1.82) is 0 Å². The molecule has 3 N–H and O–H groups in total. The van der Waals surface area contributed by atoms with Crippen LogP contribution in [0.2, 0.25) is 5.28 Å². The van der Waals surface area contributed by atoms with Crippen molar-refractivity contribution in [3.8, 4) is 0 Å². The minimum absolute atomic E-state index is 0.0621. The topological polar surface area (TPSA) is 105 Å². The van der Waals surface area contributed by atoms with Crippen LogP contribution in [0.1, 0.15) is 38.9 Å². The van der Waals surface area contributed by atoms with E-state index in [-0.39, 0.29) is 18.2 Å². The third kappa shape index (κ3) is 6.70. The Bertz CT molecular complexity index is 461. The highest BCUT2D eigenvalue weighted by Crippen LogP contribution is 2.17. The number of aliphatic hydroxyl groups excluding tert-OH is 2. The molecule has 0 bridgehead atoms. The van der Waals surface area contributed by atoms with Crippen molar-refractivity contribution in [3.05, 3.63) is 23.2 Å². The average molecular weight is 318 g/mol. The Morgan fingerprint density at radius 3 is 2.48 bits per heavy atom. The lowest BCUT2D eigenvalue weighted by Gasteiger charge is -2.21. The number of hydrogen-bond donors (Lipinski definition) is 3. The number of rotatable bonds is 5. The van der Waals surface area contributed by atoms with E-state index in [1.54, 1.807) is 20.8 Å². The van der Waals surface area contributed by atoms with Gasteiger partial charge < -0.3 is 20.3 Å². The highest BCUT2D eigenvalue weighted by atomic mass is 35.5. The normalized spacial score (nSPS) is 14.4. The van der Waals surface area contributed by atoms with Gasteiger partial charge in [-0.05, 0) is 38.8 Å². The van der Waals surface area contributed by atoms with Crippen LogP contribution in [0.3, 0.4) is 0 Å². The molecule has 0 fully saturated rings. The van der Waals surface area contributed by atoms with Crippen LogP contribution >= 0.6 is 11.6 Å². The van der Waals surface area contributed by atoms with Crippen LogP contribution in [0.15, 0.2) is 12.4 Å². The number of amides is 1. The molecule has 0 radical (unpaired) electrons. The third-order valence-electron chi connectivity index (χ3n) is 2.45. The van der Waals surface area contributed by atoms with Gasteiger partial charge in [0.2, 0.25) is 5.28 Å². The maximum Gasteiger partial charge on any atom is 0.407 e. The van der Waals surface area contributed by atoms with E-state index in [2.05, 4.69) is 15.3 Å². The van der Waals surface area contributed by atoms with Crippen LogP contribution in [0.4, 0.5) is 4.79 Å². The quantitative estimate of drug-likeness (QED) is 0.710. The number of halogens is 1. The Morgan fingerprint density at radius 2 is 1.95 bits per heavy atom. The monoisotopic (exact) mass is 317 g/mol. The zero-order valence-electron chi connectivity index (χ0n) is 12.2. The van der Waals surface area contributed by atoms with Crippen LogP contribution in [-0.4, -0.2) is 44.5 Å². The molecular weight excluding hydrogens is 298 g/mol. The highest BCUT2D eigenvalue weighted by Gasteiger charge is 2.20. The maximum absolute atomic E-state index is 11.4. The summed E-state index contributed by atoms with van der Waals surface area (Å²) in [6.07, 6.45) is 0.0457. The fourth-order valence-electron chi connectivity index (χ4n) is 1.49. The Balaban J connectivity index is 2.38. The largest absolute Gasteiger partial charge is 0.444 e. The van der Waals surface area contributed by atoms with Crippen LogP contribution in [0.25, 0.3) is 0 Å². The lowest BCUT2D eigenvalue weighted by atomic mass is 10.1. The van der Waals surface area contributed by atoms with Crippen molar-refractivity contribution in [2.75, 3.05) is 6.54 Å². The number of carbonyl (C=O) groups excluding carboxylic acids is 1. The van der Waals surface area contributed by atoms with E-state index >= 15 is 0 Å². The van der Waals surface area contributed by atoms with Gasteiger partial charge in [0.15, 0.2) is 0 Å². The Morgan fingerprint density at radius 1 is 1.38 bits per heavy atom. The predicted molar refractivity (Wildman–Crippen MR) is 76.9 cm³/mol. The van der Waals surface area contributed by atoms with Gasteiger partial charge in [0.1, 0.15) is 11.7 Å². The SMILES string of the molecule is CC(C)(C)OC(=O)NCCC(O)C(O)c1cnc(Cl)nc1. The molecule has 1 aromatic rings. The van der Waals surface area contributed by atoms with E-state index < -0.39 is 23.9 Å². The van der Waals surface area contributed by atoms with E-state index in [1.807, 2.05) is 0 Å². The number of carbonyl (C=O) groups is 1. The molecule has 2 unspecified atom stereocenters. The van der Waals surface area contributed by atoms with Gasteiger partial charge >= 0.3 is 6.09 Å². The molecule has 1 rings (SSSR count). The molecule has 0 saturated heterocycles. The standard InChI is InChI=1S/C13H20ClN3O4/c1-13(2,3)21-12(20)15-5-4-9(18)10(19)8-6-16-11(14)17-7-8/h6-7,9-10,18-19H,4-5H2,1-3H3,(H,15,20). The van der Waals surface area contributed by atoms with E-state index in [0.717, 1.165) is 0 Å². The molecule has 0 aliphatic heterocycles. The van der Waals surface area contributed by atoms with E-state index in [4.69, 9.17) is 16.3 Å². The first-order chi connectivity index (χ1) is 9.69. The first-order valence-electron chi connectivity index (χ1n) is 6.49. The summed E-state index contributed by atoms with van der Waals surface area (Å²) in [5.41, 5.74) is -0.229. The zero-order chi connectivity index (χ0) is 16.0. The molecule has 2 atom stereocenters. The lowest BCUT2D eigenvalue weighted by molar-refractivity contribution is 0.0119. The van der Waals surface area contributed by atoms with Crippen molar-refractivity contribution in [2.45, 2.75) is 45.0 Å². The highest BCUT2D eigenvalue weighted by molar-refractivity contribution is 6.28. The van der Waals surface area contributed by atoms with Crippen molar-refractivity contribution in [3.63, 3.8) is 0 Å². The third-order valence-corrected chi connectivity index (χ3v) is 2.65. The molecule has 0 aliphatic rings. The second kappa shape index (κ2) is 7.53. The summed E-state index contributed by atoms with van der Waals surface area (Å²) in [7, 11) is 0. The van der Waals surface area contributed by atoms with Crippen molar-refractivity contribution in [2.24, 2.45) is 0 Å². The molecule has 0 aromatic carbocycles. The van der Waals surface area contributed by atoms with Crippen LogP contribution in [0, 0.1) is 0 Å². The Labute approximate surface area is 128 Å². The number of aliphatic hydroxyl groups is 2. The molecule has 1 aromatic heterocycles. The summed E-state index contributed by atoms with van der Waals surface area (Å²) in [5, 5.41) is 22.3. The molecule has 0 saturated carbocycles. The second-order valence-electron chi connectivity index (χ2n) is 5.51. The van der Waals surface area contributed by atoms with Crippen LogP contribution < -0.4 is 5.32 Å². The predicted octanol–water partition coefficient (Wildman–Crippen LogP) is 1.44. The van der Waals surface area contributed by atoms with Gasteiger partial charge in [-0.3, -0.25) is 0 Å². The Hall–Kier alpha value is -1.44. The van der Waals surface area contributed by atoms with Gasteiger partial charge in [0.25, 0.3) is 0 Å². The number of nitrogens with zero attached hydrogens (tertiary/aromatic N) is 2. The average Bonchev–Trinajstić information content (AvgIpc) is 2.36. The van der Waals surface area contributed by atoms with E-state index in [1.165, 1.54) is 12.4 Å².